The molecule has 0 N–H and O–H groups in total. The number of halogens is 2. The monoisotopic (exact) mass is 270 g/mol. The van der Waals surface area contributed by atoms with E-state index in [1.54, 1.807) is 0 Å². The molecule has 0 spiro atoms. The molecule has 0 unspecified atom stereocenters. The zero-order chi connectivity index (χ0) is 9.71. The second-order valence-corrected chi connectivity index (χ2v) is 4.76. The molecule has 2 aromatic rings. The number of hydrogen-bond acceptors (Lipinski definition) is 1. The highest BCUT2D eigenvalue weighted by Gasteiger charge is 2.27. The molecule has 1 aromatic heterocycles. The minimum absolute atomic E-state index is 0.618. The van der Waals surface area contributed by atoms with Crippen LogP contribution in [0.4, 0.5) is 0 Å². The average Bonchev–Trinajstić information content (AvgIpc) is 2.90. The Morgan fingerprint density at radius 3 is 2.93 bits per heavy atom. The third kappa shape index (κ3) is 1.27. The number of nitrogens with zero attached hydrogens (tertiary/aromatic N) is 2. The largest absolute Gasteiger partial charge is 0.315 e. The van der Waals surface area contributed by atoms with Crippen LogP contribution in [0, 0.1) is 0 Å². The third-order valence-corrected chi connectivity index (χ3v) is 3.32. The van der Waals surface area contributed by atoms with Crippen LogP contribution in [0.3, 0.4) is 0 Å². The second-order valence-electron chi connectivity index (χ2n) is 3.62. The second kappa shape index (κ2) is 2.97. The van der Waals surface area contributed by atoms with E-state index in [1.165, 1.54) is 12.8 Å². The Hall–Kier alpha value is -0.540. The van der Waals surface area contributed by atoms with E-state index in [0.717, 1.165) is 20.8 Å². The summed E-state index contributed by atoms with van der Waals surface area (Å²) in [4.78, 5) is 4.44. The minimum atomic E-state index is 0.618. The maximum Gasteiger partial charge on any atom is 0.178 e. The number of rotatable bonds is 1. The minimum Gasteiger partial charge on any atom is -0.315 e. The molecule has 1 saturated carbocycles. The average molecular weight is 272 g/mol. The quantitative estimate of drug-likeness (QED) is 0.771. The molecular formula is C10H8BrClN2. The number of aromatic nitrogens is 2. The van der Waals surface area contributed by atoms with E-state index in [1.807, 2.05) is 18.2 Å². The summed E-state index contributed by atoms with van der Waals surface area (Å²) < 4.78 is 3.14. The van der Waals surface area contributed by atoms with Crippen molar-refractivity contribution in [3.63, 3.8) is 0 Å². The summed E-state index contributed by atoms with van der Waals surface area (Å²) in [5.74, 6) is 0. The van der Waals surface area contributed by atoms with Crippen LogP contribution >= 0.6 is 27.5 Å². The SMILES string of the molecule is Clc1ccc2nc(Br)n(C3CC3)c2c1. The Balaban J connectivity index is 2.34. The van der Waals surface area contributed by atoms with Gasteiger partial charge in [0.25, 0.3) is 0 Å². The first kappa shape index (κ1) is 8.74. The summed E-state index contributed by atoms with van der Waals surface area (Å²) in [6, 6.07) is 6.43. The van der Waals surface area contributed by atoms with Crippen LogP contribution in [-0.2, 0) is 0 Å². The Labute approximate surface area is 95.0 Å². The molecule has 0 bridgehead atoms. The van der Waals surface area contributed by atoms with E-state index in [9.17, 15) is 0 Å². The van der Waals surface area contributed by atoms with E-state index in [4.69, 9.17) is 11.6 Å². The summed E-state index contributed by atoms with van der Waals surface area (Å²) >= 11 is 9.45. The molecule has 1 aliphatic rings. The van der Waals surface area contributed by atoms with E-state index in [2.05, 4.69) is 25.5 Å². The lowest BCUT2D eigenvalue weighted by Crippen LogP contribution is -1.92. The van der Waals surface area contributed by atoms with Crippen LogP contribution in [0.1, 0.15) is 18.9 Å². The summed E-state index contributed by atoms with van der Waals surface area (Å²) in [7, 11) is 0. The van der Waals surface area contributed by atoms with Gasteiger partial charge in [-0.3, -0.25) is 0 Å². The Kier molecular flexibility index (Phi) is 1.86. The standard InChI is InChI=1S/C10H8BrClN2/c11-10-13-8-4-1-6(12)5-9(8)14(10)7-2-3-7/h1,4-5,7H,2-3H2. The van der Waals surface area contributed by atoms with Gasteiger partial charge < -0.3 is 4.57 Å². The van der Waals surface area contributed by atoms with Crippen molar-refractivity contribution in [2.45, 2.75) is 18.9 Å². The van der Waals surface area contributed by atoms with Gasteiger partial charge in [0.05, 0.1) is 11.0 Å². The normalized spacial score (nSPS) is 16.4. The van der Waals surface area contributed by atoms with E-state index in [-0.39, 0.29) is 0 Å². The highest BCUT2D eigenvalue weighted by molar-refractivity contribution is 9.10. The van der Waals surface area contributed by atoms with Crippen molar-refractivity contribution in [3.05, 3.63) is 28.0 Å². The van der Waals surface area contributed by atoms with Gasteiger partial charge in [-0.15, -0.1) is 0 Å². The predicted molar refractivity (Wildman–Crippen MR) is 60.7 cm³/mol. The van der Waals surface area contributed by atoms with Crippen LogP contribution in [0.25, 0.3) is 11.0 Å². The molecule has 1 fully saturated rings. The molecule has 1 aromatic carbocycles. The van der Waals surface area contributed by atoms with Crippen molar-refractivity contribution in [1.29, 1.82) is 0 Å². The molecule has 0 atom stereocenters. The number of fused-ring (bicyclic) bond motifs is 1. The van der Waals surface area contributed by atoms with Gasteiger partial charge in [0.1, 0.15) is 0 Å². The van der Waals surface area contributed by atoms with Crippen molar-refractivity contribution in [2.75, 3.05) is 0 Å². The first-order valence-corrected chi connectivity index (χ1v) is 5.76. The molecule has 0 saturated heterocycles. The zero-order valence-corrected chi connectivity index (χ0v) is 9.72. The molecular weight excluding hydrogens is 263 g/mol. The highest BCUT2D eigenvalue weighted by atomic mass is 79.9. The molecule has 1 heterocycles. The number of hydrogen-bond donors (Lipinski definition) is 0. The fraction of sp³-hybridized carbons (Fsp3) is 0.300. The molecule has 0 amide bonds. The van der Waals surface area contributed by atoms with Gasteiger partial charge in [-0.25, -0.2) is 4.98 Å². The van der Waals surface area contributed by atoms with Crippen molar-refractivity contribution < 1.29 is 0 Å². The Morgan fingerprint density at radius 2 is 2.21 bits per heavy atom. The van der Waals surface area contributed by atoms with Gasteiger partial charge in [-0.2, -0.15) is 0 Å². The van der Waals surface area contributed by atoms with Crippen molar-refractivity contribution >= 4 is 38.6 Å². The van der Waals surface area contributed by atoms with Crippen LogP contribution in [-0.4, -0.2) is 9.55 Å². The van der Waals surface area contributed by atoms with E-state index in [0.29, 0.717) is 6.04 Å². The zero-order valence-electron chi connectivity index (χ0n) is 7.37. The fourth-order valence-corrected chi connectivity index (χ4v) is 2.55. The van der Waals surface area contributed by atoms with Crippen molar-refractivity contribution in [2.24, 2.45) is 0 Å². The van der Waals surface area contributed by atoms with Crippen molar-refractivity contribution in [3.8, 4) is 0 Å². The van der Waals surface area contributed by atoms with E-state index >= 15 is 0 Å². The maximum atomic E-state index is 5.97. The summed E-state index contributed by atoms with van der Waals surface area (Å²) in [5, 5.41) is 0.770. The lowest BCUT2D eigenvalue weighted by Gasteiger charge is -2.02. The van der Waals surface area contributed by atoms with Crippen LogP contribution in [0.2, 0.25) is 5.02 Å². The Morgan fingerprint density at radius 1 is 1.43 bits per heavy atom. The molecule has 72 valence electrons. The van der Waals surface area contributed by atoms with Gasteiger partial charge in [-0.1, -0.05) is 11.6 Å². The topological polar surface area (TPSA) is 17.8 Å². The van der Waals surface area contributed by atoms with Crippen LogP contribution in [0.5, 0.6) is 0 Å². The van der Waals surface area contributed by atoms with Gasteiger partial charge in [0, 0.05) is 11.1 Å². The molecule has 14 heavy (non-hydrogen) atoms. The molecule has 2 nitrogen and oxygen atoms in total. The van der Waals surface area contributed by atoms with Gasteiger partial charge in [0.15, 0.2) is 4.73 Å². The molecule has 3 rings (SSSR count). The maximum absolute atomic E-state index is 5.97. The number of imidazole rings is 1. The summed E-state index contributed by atoms with van der Waals surface area (Å²) in [6.07, 6.45) is 2.49. The first-order chi connectivity index (χ1) is 6.75. The molecule has 0 aliphatic heterocycles. The molecule has 4 heteroatoms. The predicted octanol–water partition coefficient (Wildman–Crippen LogP) is 3.79. The van der Waals surface area contributed by atoms with Crippen LogP contribution < -0.4 is 0 Å². The summed E-state index contributed by atoms with van der Waals surface area (Å²) in [6.45, 7) is 0. The molecule has 1 aliphatic carbocycles. The molecule has 0 radical (unpaired) electrons. The highest BCUT2D eigenvalue weighted by Crippen LogP contribution is 2.40. The summed E-state index contributed by atoms with van der Waals surface area (Å²) in [5.41, 5.74) is 2.14. The lowest BCUT2D eigenvalue weighted by atomic mass is 10.3. The van der Waals surface area contributed by atoms with Crippen LogP contribution in [0.15, 0.2) is 22.9 Å². The lowest BCUT2D eigenvalue weighted by molar-refractivity contribution is 0.745. The van der Waals surface area contributed by atoms with Gasteiger partial charge >= 0.3 is 0 Å². The van der Waals surface area contributed by atoms with Gasteiger partial charge in [-0.05, 0) is 47.0 Å². The van der Waals surface area contributed by atoms with Crippen molar-refractivity contribution in [1.82, 2.24) is 9.55 Å². The third-order valence-electron chi connectivity index (χ3n) is 2.52. The Bertz CT molecular complexity index is 502. The first-order valence-electron chi connectivity index (χ1n) is 4.59. The number of benzene rings is 1. The smallest absolute Gasteiger partial charge is 0.178 e. The van der Waals surface area contributed by atoms with Gasteiger partial charge in [0.2, 0.25) is 0 Å². The fourth-order valence-electron chi connectivity index (χ4n) is 1.72. The van der Waals surface area contributed by atoms with E-state index < -0.39 is 0 Å².